The van der Waals surface area contributed by atoms with Gasteiger partial charge in [-0.15, -0.1) is 0 Å². The second-order valence-electron chi connectivity index (χ2n) is 7.86. The number of ether oxygens (including phenoxy) is 3. The minimum absolute atomic E-state index is 0.0559. The molecule has 0 saturated heterocycles. The number of aliphatic hydroxyl groups excluding tert-OH is 1. The van der Waals surface area contributed by atoms with Crippen LogP contribution in [0.15, 0.2) is 95.5 Å². The number of anilines is 1. The fourth-order valence-corrected chi connectivity index (χ4v) is 3.79. The zero-order valence-electron chi connectivity index (χ0n) is 20.0. The van der Waals surface area contributed by atoms with Gasteiger partial charge in [0.2, 0.25) is 0 Å². The summed E-state index contributed by atoms with van der Waals surface area (Å²) in [6.07, 6.45) is 0.956. The molecule has 1 amide bonds. The summed E-state index contributed by atoms with van der Waals surface area (Å²) < 4.78 is 18.8. The standard InChI is InChI=1S/C28H28BrNO7/c29-20-14-16-21(17-15-20)30-28(34)37-27(23-10-4-5-11-24(23)35-19-18-31)25(12-6-7-13-26(32)33)36-22-8-2-1-3-9-22/h1-5,7-11,13-17,25,27,31H,6,12,18-19H2,(H,30,34)(H,32,33)/b13-7+/t25-,27-/m0/s1. The maximum absolute atomic E-state index is 13.0. The van der Waals surface area contributed by atoms with Crippen molar-refractivity contribution in [3.8, 4) is 11.5 Å². The van der Waals surface area contributed by atoms with Crippen molar-refractivity contribution in [2.24, 2.45) is 0 Å². The Morgan fingerprint density at radius 1 is 0.973 bits per heavy atom. The predicted octanol–water partition coefficient (Wildman–Crippen LogP) is 5.98. The molecule has 3 rings (SSSR count). The molecule has 0 heterocycles. The highest BCUT2D eigenvalue weighted by atomic mass is 79.9. The second-order valence-corrected chi connectivity index (χ2v) is 8.77. The molecular weight excluding hydrogens is 542 g/mol. The minimum Gasteiger partial charge on any atom is -0.491 e. The van der Waals surface area contributed by atoms with Gasteiger partial charge in [0.05, 0.1) is 6.61 Å². The van der Waals surface area contributed by atoms with Crippen molar-refractivity contribution >= 4 is 33.7 Å². The van der Waals surface area contributed by atoms with Gasteiger partial charge in [0.15, 0.2) is 6.10 Å². The third kappa shape index (κ3) is 9.29. The van der Waals surface area contributed by atoms with Crippen LogP contribution in [-0.2, 0) is 9.53 Å². The molecule has 3 aromatic rings. The number of benzene rings is 3. The molecule has 2 atom stereocenters. The maximum atomic E-state index is 13.0. The SMILES string of the molecule is O=C(O)/C=C/CC[C@H](Oc1ccccc1)[C@@H](OC(=O)Nc1ccc(Br)cc1)c1ccccc1OCCO. The van der Waals surface area contributed by atoms with Gasteiger partial charge in [0, 0.05) is 21.8 Å². The molecule has 0 fully saturated rings. The van der Waals surface area contributed by atoms with E-state index in [-0.39, 0.29) is 13.2 Å². The summed E-state index contributed by atoms with van der Waals surface area (Å²) in [4.78, 5) is 23.9. The van der Waals surface area contributed by atoms with Gasteiger partial charge >= 0.3 is 12.1 Å². The van der Waals surface area contributed by atoms with Crippen LogP contribution >= 0.6 is 15.9 Å². The molecule has 3 aromatic carbocycles. The average Bonchev–Trinajstić information content (AvgIpc) is 2.90. The van der Waals surface area contributed by atoms with Crippen LogP contribution in [0.2, 0.25) is 0 Å². The zero-order chi connectivity index (χ0) is 26.5. The number of aliphatic hydroxyl groups is 1. The van der Waals surface area contributed by atoms with Crippen molar-refractivity contribution in [3.05, 3.63) is 101 Å². The molecule has 194 valence electrons. The number of aliphatic carboxylic acids is 1. The van der Waals surface area contributed by atoms with Crippen molar-refractivity contribution in [2.45, 2.75) is 25.0 Å². The number of rotatable bonds is 13. The Hall–Kier alpha value is -3.82. The van der Waals surface area contributed by atoms with Gasteiger partial charge in [0.25, 0.3) is 0 Å². The van der Waals surface area contributed by atoms with Crippen LogP contribution in [-0.4, -0.2) is 41.6 Å². The largest absolute Gasteiger partial charge is 0.491 e. The monoisotopic (exact) mass is 569 g/mol. The summed E-state index contributed by atoms with van der Waals surface area (Å²) in [5.41, 5.74) is 1.09. The van der Waals surface area contributed by atoms with E-state index in [1.807, 2.05) is 18.2 Å². The number of halogens is 1. The Morgan fingerprint density at radius 3 is 2.38 bits per heavy atom. The number of carboxylic acids is 1. The summed E-state index contributed by atoms with van der Waals surface area (Å²) in [5.74, 6) is -0.0592. The third-order valence-corrected chi connectivity index (χ3v) is 5.67. The molecule has 9 heteroatoms. The van der Waals surface area contributed by atoms with E-state index in [4.69, 9.17) is 19.3 Å². The average molecular weight is 570 g/mol. The van der Waals surface area contributed by atoms with E-state index in [1.165, 1.54) is 6.08 Å². The molecule has 3 N–H and O–H groups in total. The van der Waals surface area contributed by atoms with E-state index in [1.54, 1.807) is 60.7 Å². The van der Waals surface area contributed by atoms with E-state index >= 15 is 0 Å². The summed E-state index contributed by atoms with van der Waals surface area (Å²) in [5, 5.41) is 21.0. The highest BCUT2D eigenvalue weighted by molar-refractivity contribution is 9.10. The van der Waals surface area contributed by atoms with Crippen molar-refractivity contribution in [1.82, 2.24) is 0 Å². The van der Waals surface area contributed by atoms with Crippen LogP contribution in [0.4, 0.5) is 10.5 Å². The van der Waals surface area contributed by atoms with E-state index in [9.17, 15) is 14.7 Å². The Kier molecular flexibility index (Phi) is 11.0. The Bertz CT molecular complexity index is 1170. The number of carbonyl (C=O) groups is 2. The van der Waals surface area contributed by atoms with Crippen LogP contribution < -0.4 is 14.8 Å². The van der Waals surface area contributed by atoms with Gasteiger partial charge in [-0.3, -0.25) is 5.32 Å². The lowest BCUT2D eigenvalue weighted by Crippen LogP contribution is -2.31. The number of para-hydroxylation sites is 2. The van der Waals surface area contributed by atoms with Crippen LogP contribution in [0.3, 0.4) is 0 Å². The number of nitrogens with one attached hydrogen (secondary N) is 1. The summed E-state index contributed by atoms with van der Waals surface area (Å²) in [6, 6.07) is 23.2. The fourth-order valence-electron chi connectivity index (χ4n) is 3.53. The third-order valence-electron chi connectivity index (χ3n) is 5.15. The molecule has 0 aliphatic rings. The molecule has 0 aromatic heterocycles. The molecule has 0 bridgehead atoms. The van der Waals surface area contributed by atoms with Gasteiger partial charge in [-0.2, -0.15) is 0 Å². The normalized spacial score (nSPS) is 12.5. The molecule has 37 heavy (non-hydrogen) atoms. The van der Waals surface area contributed by atoms with Gasteiger partial charge < -0.3 is 24.4 Å². The number of allylic oxidation sites excluding steroid dienone is 1. The number of carbonyl (C=O) groups excluding carboxylic acids is 1. The van der Waals surface area contributed by atoms with Gasteiger partial charge in [0.1, 0.15) is 24.2 Å². The Morgan fingerprint density at radius 2 is 1.68 bits per heavy atom. The molecule has 0 aliphatic heterocycles. The topological polar surface area (TPSA) is 114 Å². The first-order chi connectivity index (χ1) is 18.0. The first kappa shape index (κ1) is 27.8. The smallest absolute Gasteiger partial charge is 0.412 e. The number of hydrogen-bond donors (Lipinski definition) is 3. The lowest BCUT2D eigenvalue weighted by molar-refractivity contribution is -0.131. The highest BCUT2D eigenvalue weighted by Gasteiger charge is 2.31. The van der Waals surface area contributed by atoms with Gasteiger partial charge in [-0.05, 0) is 55.3 Å². The van der Waals surface area contributed by atoms with Crippen LogP contribution in [0.1, 0.15) is 24.5 Å². The fraction of sp³-hybridized carbons (Fsp3) is 0.214. The maximum Gasteiger partial charge on any atom is 0.412 e. The number of amides is 1. The molecule has 0 spiro atoms. The molecule has 0 unspecified atom stereocenters. The molecule has 8 nitrogen and oxygen atoms in total. The Balaban J connectivity index is 1.94. The van der Waals surface area contributed by atoms with Crippen LogP contribution in [0.25, 0.3) is 0 Å². The molecule has 0 radical (unpaired) electrons. The van der Waals surface area contributed by atoms with Crippen LogP contribution in [0.5, 0.6) is 11.5 Å². The first-order valence-corrected chi connectivity index (χ1v) is 12.4. The Labute approximate surface area is 223 Å². The van der Waals surface area contributed by atoms with Gasteiger partial charge in [-0.1, -0.05) is 58.4 Å². The summed E-state index contributed by atoms with van der Waals surface area (Å²) in [7, 11) is 0. The van der Waals surface area contributed by atoms with Crippen molar-refractivity contribution < 1.29 is 34.0 Å². The summed E-state index contributed by atoms with van der Waals surface area (Å²) in [6.45, 7) is -0.131. The van der Waals surface area contributed by atoms with E-state index in [0.29, 0.717) is 35.6 Å². The van der Waals surface area contributed by atoms with Crippen LogP contribution in [0, 0.1) is 0 Å². The number of carboxylic acid groups (broad SMARTS) is 1. The highest BCUT2D eigenvalue weighted by Crippen LogP contribution is 2.34. The van der Waals surface area contributed by atoms with Crippen molar-refractivity contribution in [1.29, 1.82) is 0 Å². The van der Waals surface area contributed by atoms with E-state index in [0.717, 1.165) is 10.5 Å². The van der Waals surface area contributed by atoms with E-state index in [2.05, 4.69) is 21.2 Å². The molecule has 0 aliphatic carbocycles. The van der Waals surface area contributed by atoms with Gasteiger partial charge in [-0.25, -0.2) is 9.59 Å². The minimum atomic E-state index is -1.05. The van der Waals surface area contributed by atoms with E-state index < -0.39 is 24.3 Å². The molecular formula is C28H28BrNO7. The predicted molar refractivity (Wildman–Crippen MR) is 143 cm³/mol. The lowest BCUT2D eigenvalue weighted by Gasteiger charge is -2.29. The quantitative estimate of drug-likeness (QED) is 0.217. The lowest BCUT2D eigenvalue weighted by atomic mass is 9.99. The second kappa shape index (κ2) is 14.7. The first-order valence-electron chi connectivity index (χ1n) is 11.6. The van der Waals surface area contributed by atoms with Crippen molar-refractivity contribution in [3.63, 3.8) is 0 Å². The summed E-state index contributed by atoms with van der Waals surface area (Å²) >= 11 is 3.37. The number of hydrogen-bond acceptors (Lipinski definition) is 6. The van der Waals surface area contributed by atoms with Crippen molar-refractivity contribution in [2.75, 3.05) is 18.5 Å². The molecule has 0 saturated carbocycles. The zero-order valence-corrected chi connectivity index (χ0v) is 21.5.